The maximum Gasteiger partial charge on any atom is 0.303 e. The van der Waals surface area contributed by atoms with Gasteiger partial charge >= 0.3 is 5.97 Å². The van der Waals surface area contributed by atoms with Gasteiger partial charge in [-0.05, 0) is 55.0 Å². The van der Waals surface area contributed by atoms with Crippen LogP contribution in [-0.4, -0.2) is 40.7 Å². The molecule has 2 aliphatic heterocycles. The largest absolute Gasteiger partial charge is 0.481 e. The zero-order valence-electron chi connectivity index (χ0n) is 21.0. The summed E-state index contributed by atoms with van der Waals surface area (Å²) in [5.74, 6) is 0.779. The number of aliphatic carboxylic acids is 1. The highest BCUT2D eigenvalue weighted by Gasteiger charge is 2.51. The van der Waals surface area contributed by atoms with Crippen molar-refractivity contribution in [2.75, 3.05) is 6.54 Å². The average Bonchev–Trinajstić information content (AvgIpc) is 3.68. The molecule has 3 aliphatic rings. The number of carboxylic acids is 1. The van der Waals surface area contributed by atoms with Crippen LogP contribution in [0, 0.1) is 11.8 Å². The Balaban J connectivity index is 1.15. The van der Waals surface area contributed by atoms with Crippen LogP contribution in [0.5, 0.6) is 0 Å². The monoisotopic (exact) mass is 514 g/mol. The van der Waals surface area contributed by atoms with Crippen molar-refractivity contribution in [1.29, 1.82) is 0 Å². The Morgan fingerprint density at radius 2 is 1.94 bits per heavy atom. The molecule has 196 valence electrons. The third-order valence-corrected chi connectivity index (χ3v) is 9.37. The summed E-state index contributed by atoms with van der Waals surface area (Å²) in [4.78, 5) is 29.6. The SMILES string of the molecule is O=C(O)CCc1ccsc1CC1C2CCC(O2)C1c1nc(C(=O)NCCCCC2CCCCC2)co1. The van der Waals surface area contributed by atoms with E-state index in [0.29, 0.717) is 24.6 Å². The first-order valence-electron chi connectivity index (χ1n) is 13.7. The van der Waals surface area contributed by atoms with Crippen LogP contribution in [0.3, 0.4) is 0 Å². The molecule has 2 bridgehead atoms. The molecule has 2 saturated heterocycles. The van der Waals surface area contributed by atoms with E-state index in [2.05, 4.69) is 10.3 Å². The number of oxazole rings is 1. The van der Waals surface area contributed by atoms with Gasteiger partial charge in [0.05, 0.1) is 18.1 Å². The first kappa shape index (κ1) is 25.5. The molecule has 1 amide bonds. The van der Waals surface area contributed by atoms with Gasteiger partial charge in [0.1, 0.15) is 6.26 Å². The van der Waals surface area contributed by atoms with Gasteiger partial charge in [0.25, 0.3) is 5.91 Å². The maximum atomic E-state index is 12.7. The summed E-state index contributed by atoms with van der Waals surface area (Å²) in [6, 6.07) is 2.04. The van der Waals surface area contributed by atoms with Crippen LogP contribution in [0.15, 0.2) is 22.1 Å². The minimum absolute atomic E-state index is 0.0233. The summed E-state index contributed by atoms with van der Waals surface area (Å²) in [5.41, 5.74) is 1.46. The highest BCUT2D eigenvalue weighted by Crippen LogP contribution is 2.50. The lowest BCUT2D eigenvalue weighted by molar-refractivity contribution is -0.136. The Bertz CT molecular complexity index is 1030. The normalized spacial score (nSPS) is 25.9. The number of unbranched alkanes of at least 4 members (excludes halogenated alkanes) is 1. The van der Waals surface area contributed by atoms with Crippen LogP contribution in [0.2, 0.25) is 0 Å². The molecule has 8 heteroatoms. The first-order valence-corrected chi connectivity index (χ1v) is 14.6. The summed E-state index contributed by atoms with van der Waals surface area (Å²) < 4.78 is 12.1. The quantitative estimate of drug-likeness (QED) is 0.350. The number of nitrogens with one attached hydrogen (secondary N) is 1. The van der Waals surface area contributed by atoms with Crippen LogP contribution in [0.25, 0.3) is 0 Å². The molecule has 4 atom stereocenters. The van der Waals surface area contributed by atoms with Gasteiger partial charge in [-0.15, -0.1) is 11.3 Å². The number of carbonyl (C=O) groups is 2. The zero-order chi connectivity index (χ0) is 24.9. The molecule has 1 aliphatic carbocycles. The van der Waals surface area contributed by atoms with Gasteiger partial charge in [-0.1, -0.05) is 44.9 Å². The number of nitrogens with zero attached hydrogens (tertiary/aromatic N) is 1. The van der Waals surface area contributed by atoms with Gasteiger partial charge in [0.15, 0.2) is 5.69 Å². The van der Waals surface area contributed by atoms with Gasteiger partial charge in [-0.2, -0.15) is 0 Å². The van der Waals surface area contributed by atoms with Crippen molar-refractivity contribution >= 4 is 23.2 Å². The van der Waals surface area contributed by atoms with E-state index in [1.807, 2.05) is 11.4 Å². The number of hydrogen-bond donors (Lipinski definition) is 2. The van der Waals surface area contributed by atoms with Gasteiger partial charge in [-0.25, -0.2) is 4.98 Å². The summed E-state index contributed by atoms with van der Waals surface area (Å²) >= 11 is 1.68. The van der Waals surface area contributed by atoms with Crippen LogP contribution >= 0.6 is 11.3 Å². The summed E-state index contributed by atoms with van der Waals surface area (Å²) in [7, 11) is 0. The van der Waals surface area contributed by atoms with Crippen LogP contribution < -0.4 is 5.32 Å². The van der Waals surface area contributed by atoms with E-state index in [0.717, 1.165) is 43.6 Å². The van der Waals surface area contributed by atoms with Crippen molar-refractivity contribution < 1.29 is 23.8 Å². The van der Waals surface area contributed by atoms with Crippen molar-refractivity contribution in [2.45, 2.75) is 102 Å². The number of carbonyl (C=O) groups excluding carboxylic acids is 1. The predicted molar refractivity (Wildman–Crippen MR) is 137 cm³/mol. The predicted octanol–water partition coefficient (Wildman–Crippen LogP) is 5.74. The van der Waals surface area contributed by atoms with Gasteiger partial charge in [0, 0.05) is 23.8 Å². The second kappa shape index (κ2) is 11.9. The first-order chi connectivity index (χ1) is 17.6. The summed E-state index contributed by atoms with van der Waals surface area (Å²) in [5, 5.41) is 14.1. The van der Waals surface area contributed by atoms with E-state index in [4.69, 9.17) is 14.3 Å². The van der Waals surface area contributed by atoms with Crippen LogP contribution in [0.4, 0.5) is 0 Å². The minimum Gasteiger partial charge on any atom is -0.481 e. The number of hydrogen-bond acceptors (Lipinski definition) is 6. The molecule has 7 nitrogen and oxygen atoms in total. The Labute approximate surface area is 217 Å². The molecule has 0 radical (unpaired) electrons. The third-order valence-electron chi connectivity index (χ3n) is 8.38. The Kier molecular flexibility index (Phi) is 8.42. The number of carboxylic acid groups (broad SMARTS) is 1. The third kappa shape index (κ3) is 6.02. The van der Waals surface area contributed by atoms with Crippen LogP contribution in [0.1, 0.15) is 103 Å². The van der Waals surface area contributed by atoms with Gasteiger partial charge in [-0.3, -0.25) is 9.59 Å². The van der Waals surface area contributed by atoms with E-state index in [-0.39, 0.29) is 36.4 Å². The standard InChI is InChI=1S/C28H38N2O5S/c31-25(32)12-9-19-13-15-36-24(19)16-20-22-10-11-23(35-22)26(20)28-30-21(17-34-28)27(33)29-14-5-4-8-18-6-2-1-3-7-18/h13,15,17-18,20,22-23,26H,1-12,14,16H2,(H,29,33)(H,31,32). The number of aryl methyl sites for hydroxylation is 1. The minimum atomic E-state index is -0.775. The van der Waals surface area contributed by atoms with Crippen molar-refractivity contribution in [3.63, 3.8) is 0 Å². The molecule has 4 unspecified atom stereocenters. The lowest BCUT2D eigenvalue weighted by Gasteiger charge is -2.25. The van der Waals surface area contributed by atoms with Gasteiger partial charge < -0.3 is 19.6 Å². The Morgan fingerprint density at radius 3 is 2.78 bits per heavy atom. The molecular weight excluding hydrogens is 476 g/mol. The number of aromatic nitrogens is 1. The molecule has 3 fully saturated rings. The van der Waals surface area contributed by atoms with E-state index in [1.165, 1.54) is 49.7 Å². The van der Waals surface area contributed by atoms with Crippen molar-refractivity contribution in [3.05, 3.63) is 39.7 Å². The average molecular weight is 515 g/mol. The number of amides is 1. The molecule has 2 aromatic heterocycles. The molecule has 2 aromatic rings. The lowest BCUT2D eigenvalue weighted by Crippen LogP contribution is -2.28. The summed E-state index contributed by atoms with van der Waals surface area (Å²) in [6.45, 7) is 0.672. The van der Waals surface area contributed by atoms with Gasteiger partial charge in [0.2, 0.25) is 5.89 Å². The number of thiophene rings is 1. The van der Waals surface area contributed by atoms with Crippen molar-refractivity contribution in [1.82, 2.24) is 10.3 Å². The zero-order valence-corrected chi connectivity index (χ0v) is 21.8. The molecule has 0 spiro atoms. The van der Waals surface area contributed by atoms with E-state index in [1.54, 1.807) is 11.3 Å². The van der Waals surface area contributed by atoms with Crippen LogP contribution in [-0.2, 0) is 22.4 Å². The van der Waals surface area contributed by atoms with E-state index >= 15 is 0 Å². The number of rotatable bonds is 12. The fourth-order valence-electron chi connectivity index (χ4n) is 6.47. The number of ether oxygens (including phenoxy) is 1. The van der Waals surface area contributed by atoms with Crippen molar-refractivity contribution in [2.24, 2.45) is 11.8 Å². The Hall–Kier alpha value is -2.19. The topological polar surface area (TPSA) is 102 Å². The fraction of sp³-hybridized carbons (Fsp3) is 0.679. The second-order valence-corrected chi connectivity index (χ2v) is 11.8. The highest BCUT2D eigenvalue weighted by molar-refractivity contribution is 7.10. The molecule has 0 aromatic carbocycles. The molecule has 5 rings (SSSR count). The molecule has 4 heterocycles. The Morgan fingerprint density at radius 1 is 1.11 bits per heavy atom. The second-order valence-electron chi connectivity index (χ2n) is 10.8. The summed E-state index contributed by atoms with van der Waals surface area (Å²) in [6.07, 6.45) is 15.6. The highest BCUT2D eigenvalue weighted by atomic mass is 32.1. The molecule has 2 N–H and O–H groups in total. The molecular formula is C28H38N2O5S. The van der Waals surface area contributed by atoms with E-state index in [9.17, 15) is 9.59 Å². The van der Waals surface area contributed by atoms with Crippen molar-refractivity contribution in [3.8, 4) is 0 Å². The maximum absolute atomic E-state index is 12.7. The lowest BCUT2D eigenvalue weighted by atomic mass is 9.76. The van der Waals surface area contributed by atoms with E-state index < -0.39 is 5.97 Å². The fourth-order valence-corrected chi connectivity index (χ4v) is 7.48. The molecule has 36 heavy (non-hydrogen) atoms. The number of fused-ring (bicyclic) bond motifs is 2. The molecule has 1 saturated carbocycles. The smallest absolute Gasteiger partial charge is 0.303 e.